The Morgan fingerprint density at radius 3 is 2.37 bits per heavy atom. The Bertz CT molecular complexity index is 417. The molecular formula is C15H21Cl2NO. The van der Waals surface area contributed by atoms with Crippen LogP contribution in [0.25, 0.3) is 0 Å². The second-order valence-corrected chi connectivity index (χ2v) is 6.29. The molecule has 19 heavy (non-hydrogen) atoms. The molecule has 1 atom stereocenters. The second-order valence-electron chi connectivity index (χ2n) is 5.48. The Balaban J connectivity index is 2.09. The maximum atomic E-state index is 9.20. The van der Waals surface area contributed by atoms with Crippen LogP contribution in [0.15, 0.2) is 18.2 Å². The van der Waals surface area contributed by atoms with Crippen molar-refractivity contribution in [2.75, 3.05) is 13.2 Å². The normalized spacial score (nSPS) is 25.3. The molecule has 4 heteroatoms. The summed E-state index contributed by atoms with van der Waals surface area (Å²) in [7, 11) is 0. The molecular weight excluding hydrogens is 281 g/mol. The van der Waals surface area contributed by atoms with Crippen molar-refractivity contribution in [2.45, 2.75) is 31.6 Å². The van der Waals surface area contributed by atoms with Gasteiger partial charge < -0.3 is 10.8 Å². The van der Waals surface area contributed by atoms with E-state index in [1.165, 1.54) is 5.56 Å². The topological polar surface area (TPSA) is 46.2 Å². The molecule has 0 radical (unpaired) electrons. The van der Waals surface area contributed by atoms with E-state index in [2.05, 4.69) is 0 Å². The summed E-state index contributed by atoms with van der Waals surface area (Å²) in [6.45, 7) is 0.944. The molecule has 0 spiro atoms. The Labute approximate surface area is 124 Å². The van der Waals surface area contributed by atoms with Gasteiger partial charge in [0.15, 0.2) is 0 Å². The standard InChI is InChI=1S/C15H21Cl2NO/c16-14-6-5-12(7-15(14)17)13(8-18)11-3-1-10(9-19)2-4-11/h5-7,10-11,13,19H,1-4,8-9,18H2. The van der Waals surface area contributed by atoms with E-state index in [4.69, 9.17) is 28.9 Å². The third kappa shape index (κ3) is 3.63. The predicted octanol–water partition coefficient (Wildman–Crippen LogP) is 3.83. The first-order chi connectivity index (χ1) is 9.15. The molecule has 3 N–H and O–H groups in total. The van der Waals surface area contributed by atoms with Crippen molar-refractivity contribution in [1.82, 2.24) is 0 Å². The van der Waals surface area contributed by atoms with Gasteiger partial charge >= 0.3 is 0 Å². The second kappa shape index (κ2) is 6.94. The molecule has 106 valence electrons. The zero-order valence-corrected chi connectivity index (χ0v) is 12.5. The number of aliphatic hydroxyl groups excluding tert-OH is 1. The summed E-state index contributed by atoms with van der Waals surface area (Å²) in [5, 5.41) is 10.4. The number of hydrogen-bond acceptors (Lipinski definition) is 2. The molecule has 1 unspecified atom stereocenters. The Kier molecular flexibility index (Phi) is 5.52. The van der Waals surface area contributed by atoms with Gasteiger partial charge in [-0.3, -0.25) is 0 Å². The highest BCUT2D eigenvalue weighted by atomic mass is 35.5. The summed E-state index contributed by atoms with van der Waals surface area (Å²) in [5.74, 6) is 1.41. The summed E-state index contributed by atoms with van der Waals surface area (Å²) in [5.41, 5.74) is 7.15. The van der Waals surface area contributed by atoms with Crippen LogP contribution in [0.3, 0.4) is 0 Å². The van der Waals surface area contributed by atoms with Gasteiger partial charge in [-0.2, -0.15) is 0 Å². The highest BCUT2D eigenvalue weighted by molar-refractivity contribution is 6.42. The first-order valence-corrected chi connectivity index (χ1v) is 7.67. The monoisotopic (exact) mass is 301 g/mol. The van der Waals surface area contributed by atoms with Crippen LogP contribution in [0.2, 0.25) is 10.0 Å². The highest BCUT2D eigenvalue weighted by Gasteiger charge is 2.27. The van der Waals surface area contributed by atoms with Gasteiger partial charge in [-0.15, -0.1) is 0 Å². The average Bonchev–Trinajstić information content (AvgIpc) is 2.44. The van der Waals surface area contributed by atoms with Crippen molar-refractivity contribution in [3.05, 3.63) is 33.8 Å². The zero-order valence-electron chi connectivity index (χ0n) is 11.0. The predicted molar refractivity (Wildman–Crippen MR) is 80.8 cm³/mol. The van der Waals surface area contributed by atoms with Gasteiger partial charge in [0, 0.05) is 6.61 Å². The highest BCUT2D eigenvalue weighted by Crippen LogP contribution is 2.38. The molecule has 0 saturated heterocycles. The summed E-state index contributed by atoms with van der Waals surface area (Å²) < 4.78 is 0. The lowest BCUT2D eigenvalue weighted by atomic mass is 9.74. The summed E-state index contributed by atoms with van der Waals surface area (Å²) in [6, 6.07) is 5.82. The van der Waals surface area contributed by atoms with E-state index in [9.17, 15) is 5.11 Å². The van der Waals surface area contributed by atoms with Crippen LogP contribution < -0.4 is 5.73 Å². The van der Waals surface area contributed by atoms with E-state index in [0.717, 1.165) is 25.7 Å². The van der Waals surface area contributed by atoms with E-state index < -0.39 is 0 Å². The smallest absolute Gasteiger partial charge is 0.0595 e. The molecule has 1 aromatic rings. The Morgan fingerprint density at radius 2 is 1.84 bits per heavy atom. The summed E-state index contributed by atoms with van der Waals surface area (Å²) in [6.07, 6.45) is 4.46. The lowest BCUT2D eigenvalue weighted by Gasteiger charge is -2.33. The van der Waals surface area contributed by atoms with E-state index in [1.807, 2.05) is 18.2 Å². The van der Waals surface area contributed by atoms with Crippen LogP contribution >= 0.6 is 23.2 Å². The third-order valence-corrected chi connectivity index (χ3v) is 5.08. The van der Waals surface area contributed by atoms with Crippen molar-refractivity contribution in [2.24, 2.45) is 17.6 Å². The van der Waals surface area contributed by atoms with Crippen molar-refractivity contribution in [3.63, 3.8) is 0 Å². The molecule has 1 fully saturated rings. The minimum atomic E-state index is 0.312. The van der Waals surface area contributed by atoms with Crippen LogP contribution in [0.1, 0.15) is 37.2 Å². The molecule has 0 amide bonds. The lowest BCUT2D eigenvalue weighted by molar-refractivity contribution is 0.158. The van der Waals surface area contributed by atoms with Crippen LogP contribution in [0, 0.1) is 11.8 Å². The average molecular weight is 302 g/mol. The van der Waals surface area contributed by atoms with E-state index in [1.54, 1.807) is 0 Å². The van der Waals surface area contributed by atoms with Gasteiger partial charge in [-0.05, 0) is 67.7 Å². The SMILES string of the molecule is NCC(c1ccc(Cl)c(Cl)c1)C1CCC(CO)CC1. The first-order valence-electron chi connectivity index (χ1n) is 6.91. The van der Waals surface area contributed by atoms with Gasteiger partial charge in [0.05, 0.1) is 10.0 Å². The summed E-state index contributed by atoms with van der Waals surface area (Å²) >= 11 is 12.1. The van der Waals surface area contributed by atoms with Crippen LogP contribution in [-0.2, 0) is 0 Å². The molecule has 2 rings (SSSR count). The van der Waals surface area contributed by atoms with Crippen LogP contribution in [0.4, 0.5) is 0 Å². The van der Waals surface area contributed by atoms with Crippen LogP contribution in [-0.4, -0.2) is 18.3 Å². The molecule has 1 aromatic carbocycles. The number of halogens is 2. The van der Waals surface area contributed by atoms with Crippen molar-refractivity contribution in [1.29, 1.82) is 0 Å². The molecule has 0 aliphatic heterocycles. The molecule has 1 saturated carbocycles. The van der Waals surface area contributed by atoms with Gasteiger partial charge in [0.25, 0.3) is 0 Å². The van der Waals surface area contributed by atoms with Crippen molar-refractivity contribution >= 4 is 23.2 Å². The first kappa shape index (κ1) is 15.1. The molecule has 0 heterocycles. The number of hydrogen-bond donors (Lipinski definition) is 2. The molecule has 1 aliphatic rings. The maximum Gasteiger partial charge on any atom is 0.0595 e. The molecule has 0 aromatic heterocycles. The van der Waals surface area contributed by atoms with E-state index >= 15 is 0 Å². The Hall–Kier alpha value is -0.280. The molecule has 1 aliphatic carbocycles. The van der Waals surface area contributed by atoms with Gasteiger partial charge in [0.2, 0.25) is 0 Å². The maximum absolute atomic E-state index is 9.20. The minimum Gasteiger partial charge on any atom is -0.396 e. The van der Waals surface area contributed by atoms with E-state index in [0.29, 0.717) is 41.0 Å². The zero-order chi connectivity index (χ0) is 13.8. The third-order valence-electron chi connectivity index (χ3n) is 4.34. The fourth-order valence-electron chi connectivity index (χ4n) is 3.12. The largest absolute Gasteiger partial charge is 0.396 e. The van der Waals surface area contributed by atoms with Crippen molar-refractivity contribution < 1.29 is 5.11 Å². The quantitative estimate of drug-likeness (QED) is 0.888. The molecule has 0 bridgehead atoms. The summed E-state index contributed by atoms with van der Waals surface area (Å²) in [4.78, 5) is 0. The minimum absolute atomic E-state index is 0.312. The van der Waals surface area contributed by atoms with Gasteiger partial charge in [-0.25, -0.2) is 0 Å². The van der Waals surface area contributed by atoms with Gasteiger partial charge in [-0.1, -0.05) is 29.3 Å². The van der Waals surface area contributed by atoms with Crippen LogP contribution in [0.5, 0.6) is 0 Å². The number of rotatable bonds is 4. The van der Waals surface area contributed by atoms with Gasteiger partial charge in [0.1, 0.15) is 0 Å². The lowest BCUT2D eigenvalue weighted by Crippen LogP contribution is -2.26. The fraction of sp³-hybridized carbons (Fsp3) is 0.600. The fourth-order valence-corrected chi connectivity index (χ4v) is 3.42. The van der Waals surface area contributed by atoms with Crippen molar-refractivity contribution in [3.8, 4) is 0 Å². The molecule has 2 nitrogen and oxygen atoms in total. The Morgan fingerprint density at radius 1 is 1.16 bits per heavy atom. The van der Waals surface area contributed by atoms with E-state index in [-0.39, 0.29) is 0 Å². The number of aliphatic hydroxyl groups is 1. The number of nitrogens with two attached hydrogens (primary N) is 1. The number of benzene rings is 1.